The minimum Gasteiger partial charge on any atom is -0.280 e. The lowest BCUT2D eigenvalue weighted by atomic mass is 10.1. The molecule has 15 heavy (non-hydrogen) atoms. The predicted octanol–water partition coefficient (Wildman–Crippen LogP) is 2.72. The fourth-order valence-corrected chi connectivity index (χ4v) is 1.61. The van der Waals surface area contributed by atoms with E-state index in [-0.39, 0.29) is 5.78 Å². The van der Waals surface area contributed by atoms with Gasteiger partial charge in [-0.15, -0.1) is 0 Å². The Morgan fingerprint density at radius 1 is 1.20 bits per heavy atom. The van der Waals surface area contributed by atoms with Crippen LogP contribution in [0, 0.1) is 11.8 Å². The van der Waals surface area contributed by atoms with Gasteiger partial charge < -0.3 is 0 Å². The summed E-state index contributed by atoms with van der Waals surface area (Å²) in [6.07, 6.45) is 5.01. The van der Waals surface area contributed by atoms with Crippen molar-refractivity contribution in [2.24, 2.45) is 0 Å². The zero-order valence-corrected chi connectivity index (χ0v) is 8.49. The molecule has 0 aliphatic heterocycles. The maximum Gasteiger partial charge on any atom is 0.231 e. The summed E-state index contributed by atoms with van der Waals surface area (Å²) in [6, 6.07) is 9.59. The van der Waals surface area contributed by atoms with Gasteiger partial charge in [-0.3, -0.25) is 4.79 Å². The summed E-state index contributed by atoms with van der Waals surface area (Å²) in [5.41, 5.74) is 1.78. The topological polar surface area (TPSA) is 17.1 Å². The summed E-state index contributed by atoms with van der Waals surface area (Å²) >= 11 is 0. The summed E-state index contributed by atoms with van der Waals surface area (Å²) in [6.45, 7) is 0. The molecule has 1 aromatic rings. The molecule has 1 heteroatoms. The maximum atomic E-state index is 11.6. The Labute approximate surface area is 89.8 Å². The van der Waals surface area contributed by atoms with Crippen LogP contribution in [0.5, 0.6) is 0 Å². The van der Waals surface area contributed by atoms with E-state index in [9.17, 15) is 4.79 Å². The highest BCUT2D eigenvalue weighted by molar-refractivity contribution is 6.09. The fraction of sp³-hybridized carbons (Fsp3) is 0.214. The SMILES string of the molecule is O=C(C#Cc1ccccc1)C1=CCCC1. The molecule has 0 spiro atoms. The first-order valence-electron chi connectivity index (χ1n) is 5.17. The third-order valence-corrected chi connectivity index (χ3v) is 2.43. The molecule has 0 N–H and O–H groups in total. The van der Waals surface area contributed by atoms with Crippen molar-refractivity contribution in [3.8, 4) is 11.8 Å². The van der Waals surface area contributed by atoms with E-state index in [2.05, 4.69) is 11.8 Å². The summed E-state index contributed by atoms with van der Waals surface area (Å²) in [4.78, 5) is 11.6. The summed E-state index contributed by atoms with van der Waals surface area (Å²) < 4.78 is 0. The van der Waals surface area contributed by atoms with Crippen molar-refractivity contribution in [2.45, 2.75) is 19.3 Å². The van der Waals surface area contributed by atoms with E-state index in [0.29, 0.717) is 0 Å². The molecule has 0 saturated carbocycles. The highest BCUT2D eigenvalue weighted by atomic mass is 16.1. The Kier molecular flexibility index (Phi) is 2.99. The Balaban J connectivity index is 2.09. The van der Waals surface area contributed by atoms with Crippen molar-refractivity contribution in [1.29, 1.82) is 0 Å². The number of carbonyl (C=O) groups is 1. The first kappa shape index (κ1) is 9.73. The summed E-state index contributed by atoms with van der Waals surface area (Å²) in [5, 5.41) is 0. The van der Waals surface area contributed by atoms with Crippen molar-refractivity contribution in [3.63, 3.8) is 0 Å². The maximum absolute atomic E-state index is 11.6. The van der Waals surface area contributed by atoms with Gasteiger partial charge in [0.25, 0.3) is 0 Å². The van der Waals surface area contributed by atoms with Crippen LogP contribution in [0.1, 0.15) is 24.8 Å². The van der Waals surface area contributed by atoms with E-state index in [1.54, 1.807) is 0 Å². The molecule has 0 fully saturated rings. The van der Waals surface area contributed by atoms with Crippen molar-refractivity contribution in [3.05, 3.63) is 47.5 Å². The Morgan fingerprint density at radius 3 is 2.67 bits per heavy atom. The second-order valence-electron chi connectivity index (χ2n) is 3.57. The molecular weight excluding hydrogens is 184 g/mol. The van der Waals surface area contributed by atoms with Crippen molar-refractivity contribution in [1.82, 2.24) is 0 Å². The van der Waals surface area contributed by atoms with Crippen LogP contribution < -0.4 is 0 Å². The second-order valence-corrected chi connectivity index (χ2v) is 3.57. The molecule has 1 aromatic carbocycles. The number of ketones is 1. The molecule has 2 rings (SSSR count). The van der Waals surface area contributed by atoms with Gasteiger partial charge in [-0.25, -0.2) is 0 Å². The quantitative estimate of drug-likeness (QED) is 0.631. The third-order valence-electron chi connectivity index (χ3n) is 2.43. The lowest BCUT2D eigenvalue weighted by Crippen LogP contribution is -1.95. The molecule has 0 aromatic heterocycles. The van der Waals surface area contributed by atoms with E-state index in [4.69, 9.17) is 0 Å². The van der Waals surface area contributed by atoms with Crippen LogP contribution in [0.25, 0.3) is 0 Å². The molecule has 0 saturated heterocycles. The first-order valence-corrected chi connectivity index (χ1v) is 5.17. The van der Waals surface area contributed by atoms with E-state index in [0.717, 1.165) is 30.4 Å². The van der Waals surface area contributed by atoms with Crippen molar-refractivity contribution in [2.75, 3.05) is 0 Å². The van der Waals surface area contributed by atoms with Crippen molar-refractivity contribution >= 4 is 5.78 Å². The average Bonchev–Trinajstić information content (AvgIpc) is 2.81. The van der Waals surface area contributed by atoms with Crippen LogP contribution in [0.3, 0.4) is 0 Å². The Hall–Kier alpha value is -1.81. The number of benzene rings is 1. The van der Waals surface area contributed by atoms with Gasteiger partial charge >= 0.3 is 0 Å². The van der Waals surface area contributed by atoms with Gasteiger partial charge in [-0.2, -0.15) is 0 Å². The van der Waals surface area contributed by atoms with E-state index >= 15 is 0 Å². The van der Waals surface area contributed by atoms with Crippen molar-refractivity contribution < 1.29 is 4.79 Å². The standard InChI is InChI=1S/C14H12O/c15-14(13-8-4-5-9-13)11-10-12-6-2-1-3-7-12/h1-3,6-8H,4-5,9H2. The van der Waals surface area contributed by atoms with Gasteiger partial charge in [-0.1, -0.05) is 30.2 Å². The fourth-order valence-electron chi connectivity index (χ4n) is 1.61. The summed E-state index contributed by atoms with van der Waals surface area (Å²) in [7, 11) is 0. The molecule has 0 radical (unpaired) electrons. The Morgan fingerprint density at radius 2 is 2.00 bits per heavy atom. The highest BCUT2D eigenvalue weighted by Gasteiger charge is 2.10. The molecule has 0 bridgehead atoms. The van der Waals surface area contributed by atoms with Gasteiger partial charge in [-0.05, 0) is 37.3 Å². The molecule has 74 valence electrons. The molecule has 0 heterocycles. The molecule has 0 amide bonds. The lowest BCUT2D eigenvalue weighted by molar-refractivity contribution is -0.110. The van der Waals surface area contributed by atoms with Crippen LogP contribution >= 0.6 is 0 Å². The monoisotopic (exact) mass is 196 g/mol. The molecule has 1 aliphatic carbocycles. The highest BCUT2D eigenvalue weighted by Crippen LogP contribution is 2.17. The smallest absolute Gasteiger partial charge is 0.231 e. The average molecular weight is 196 g/mol. The van der Waals surface area contributed by atoms with E-state index in [1.807, 2.05) is 36.4 Å². The predicted molar refractivity (Wildman–Crippen MR) is 60.3 cm³/mol. The number of Topliss-reactive ketones (excluding diaryl/α,β-unsaturated/α-hetero) is 1. The van der Waals surface area contributed by atoms with Crippen LogP contribution in [0.15, 0.2) is 42.0 Å². The minimum atomic E-state index is -0.0173. The van der Waals surface area contributed by atoms with Gasteiger partial charge in [0.05, 0.1) is 0 Å². The van der Waals surface area contributed by atoms with Crippen LogP contribution in [0.2, 0.25) is 0 Å². The normalized spacial score (nSPS) is 14.0. The number of carbonyl (C=O) groups excluding carboxylic acids is 1. The molecule has 1 nitrogen and oxygen atoms in total. The van der Waals surface area contributed by atoms with Gasteiger partial charge in [0.1, 0.15) is 0 Å². The van der Waals surface area contributed by atoms with Crippen LogP contribution in [-0.2, 0) is 4.79 Å². The number of allylic oxidation sites excluding steroid dienone is 2. The van der Waals surface area contributed by atoms with Crippen LogP contribution in [-0.4, -0.2) is 5.78 Å². The van der Waals surface area contributed by atoms with Crippen LogP contribution in [0.4, 0.5) is 0 Å². The molecule has 0 unspecified atom stereocenters. The van der Waals surface area contributed by atoms with E-state index in [1.165, 1.54) is 0 Å². The second kappa shape index (κ2) is 4.61. The summed E-state index contributed by atoms with van der Waals surface area (Å²) in [5.74, 6) is 5.55. The zero-order chi connectivity index (χ0) is 10.5. The minimum absolute atomic E-state index is 0.0173. The molecule has 0 atom stereocenters. The largest absolute Gasteiger partial charge is 0.280 e. The van der Waals surface area contributed by atoms with Gasteiger partial charge in [0, 0.05) is 11.1 Å². The van der Waals surface area contributed by atoms with Gasteiger partial charge in [0.15, 0.2) is 0 Å². The lowest BCUT2D eigenvalue weighted by Gasteiger charge is -1.90. The number of rotatable bonds is 1. The molecule has 1 aliphatic rings. The van der Waals surface area contributed by atoms with E-state index < -0.39 is 0 Å². The zero-order valence-electron chi connectivity index (χ0n) is 8.49. The number of hydrogen-bond acceptors (Lipinski definition) is 1. The Bertz CT molecular complexity index is 443. The first-order chi connectivity index (χ1) is 7.36. The third kappa shape index (κ3) is 2.57. The van der Waals surface area contributed by atoms with Gasteiger partial charge in [0.2, 0.25) is 5.78 Å². The molecular formula is C14H12O. The number of hydrogen-bond donors (Lipinski definition) is 0.